The van der Waals surface area contributed by atoms with Gasteiger partial charge in [-0.1, -0.05) is 6.92 Å². The molecule has 0 spiro atoms. The summed E-state index contributed by atoms with van der Waals surface area (Å²) in [6.07, 6.45) is -8.61. The Morgan fingerprint density at radius 2 is 1.87 bits per heavy atom. The van der Waals surface area contributed by atoms with Crippen molar-refractivity contribution in [3.05, 3.63) is 0 Å². The molecule has 1 heterocycles. The van der Waals surface area contributed by atoms with Gasteiger partial charge in [0.1, 0.15) is 30.5 Å². The maximum Gasteiger partial charge on any atom is 0.249 e. The molecule has 1 saturated heterocycles. The van der Waals surface area contributed by atoms with E-state index in [4.69, 9.17) is 35.5 Å². The summed E-state index contributed by atoms with van der Waals surface area (Å²) < 4.78 is 23.4. The third-order valence-electron chi connectivity index (χ3n) is 6.80. The first kappa shape index (κ1) is 34.2. The molecule has 0 aromatic rings. The van der Waals surface area contributed by atoms with Gasteiger partial charge in [-0.3, -0.25) is 4.79 Å². The largest absolute Gasteiger partial charge is 0.395 e. The molecule has 39 heavy (non-hydrogen) atoms. The maximum atomic E-state index is 12.6. The van der Waals surface area contributed by atoms with Crippen LogP contribution in [0.15, 0.2) is 0 Å². The molecule has 1 amide bonds. The van der Waals surface area contributed by atoms with Crippen molar-refractivity contribution in [2.24, 2.45) is 11.5 Å². The van der Waals surface area contributed by atoms with Gasteiger partial charge in [-0.05, 0) is 25.8 Å². The van der Waals surface area contributed by atoms with Gasteiger partial charge in [0.25, 0.3) is 0 Å². The molecule has 15 nitrogen and oxygen atoms in total. The van der Waals surface area contributed by atoms with Crippen molar-refractivity contribution in [2.45, 2.75) is 106 Å². The number of hydrogen-bond acceptors (Lipinski definition) is 14. The van der Waals surface area contributed by atoms with E-state index < -0.39 is 73.3 Å². The number of aliphatic hydroxyl groups is 6. The summed E-state index contributed by atoms with van der Waals surface area (Å²) in [5.41, 5.74) is 11.8. The lowest BCUT2D eigenvalue weighted by atomic mass is 9.83. The summed E-state index contributed by atoms with van der Waals surface area (Å²) in [5, 5.41) is 66.1. The first-order valence-electron chi connectivity index (χ1n) is 13.6. The van der Waals surface area contributed by atoms with Crippen LogP contribution in [0, 0.1) is 0 Å². The minimum absolute atomic E-state index is 0.0247. The first-order valence-corrected chi connectivity index (χ1v) is 13.6. The van der Waals surface area contributed by atoms with Crippen molar-refractivity contribution in [1.82, 2.24) is 10.6 Å². The van der Waals surface area contributed by atoms with E-state index in [9.17, 15) is 30.3 Å². The summed E-state index contributed by atoms with van der Waals surface area (Å²) in [7, 11) is 0. The smallest absolute Gasteiger partial charge is 0.249 e. The number of ether oxygens (including phenoxy) is 4. The van der Waals surface area contributed by atoms with Crippen molar-refractivity contribution >= 4 is 5.91 Å². The highest BCUT2D eigenvalue weighted by Gasteiger charge is 2.48. The van der Waals surface area contributed by atoms with Crippen LogP contribution in [0.2, 0.25) is 0 Å². The van der Waals surface area contributed by atoms with Crippen LogP contribution < -0.4 is 22.1 Å². The zero-order valence-corrected chi connectivity index (χ0v) is 22.5. The molecule has 0 aromatic heterocycles. The fraction of sp³-hybridized carbons (Fsp3) is 0.958. The summed E-state index contributed by atoms with van der Waals surface area (Å²) in [6, 6.07) is -1.70. The highest BCUT2D eigenvalue weighted by molar-refractivity contribution is 5.80. The Morgan fingerprint density at radius 1 is 1.13 bits per heavy atom. The Kier molecular flexibility index (Phi) is 15.5. The standard InChI is InChI=1S/C24H48N4O11/c1-2-17(32)24(36-8-7-30)39-22-16(28-23(35)18(33)3-4-25)11-15(26)21(20(22)34)38-19-10-13(31)9-14(37-19)12-27-5-6-29/h13-22,24,27,29-34H,2-12,25-26H2,1H3,(H,28,35)/t13?,14?,15?,16?,17?,18?,19-,20?,21-,22+,24?/m1/s1. The van der Waals surface area contributed by atoms with E-state index in [0.29, 0.717) is 19.5 Å². The lowest BCUT2D eigenvalue weighted by Crippen LogP contribution is -2.66. The van der Waals surface area contributed by atoms with E-state index in [1.165, 1.54) is 0 Å². The highest BCUT2D eigenvalue weighted by atomic mass is 16.7. The van der Waals surface area contributed by atoms with Gasteiger partial charge in [-0.15, -0.1) is 0 Å². The summed E-state index contributed by atoms with van der Waals surface area (Å²) >= 11 is 0. The fourth-order valence-electron chi connectivity index (χ4n) is 4.75. The maximum absolute atomic E-state index is 12.6. The quantitative estimate of drug-likeness (QED) is 0.0588. The van der Waals surface area contributed by atoms with Crippen LogP contribution in [-0.4, -0.2) is 143 Å². The normalized spacial score (nSPS) is 33.9. The van der Waals surface area contributed by atoms with Gasteiger partial charge in [0.15, 0.2) is 12.6 Å². The molecule has 0 bridgehead atoms. The number of hydrogen-bond donors (Lipinski definition) is 10. The Balaban J connectivity index is 2.21. The molecule has 230 valence electrons. The minimum Gasteiger partial charge on any atom is -0.395 e. The van der Waals surface area contributed by atoms with Gasteiger partial charge in [0, 0.05) is 32.0 Å². The van der Waals surface area contributed by atoms with Gasteiger partial charge in [0.05, 0.1) is 38.1 Å². The lowest BCUT2D eigenvalue weighted by Gasteiger charge is -2.46. The van der Waals surface area contributed by atoms with E-state index in [1.807, 2.05) is 0 Å². The second kappa shape index (κ2) is 17.7. The molecule has 0 radical (unpaired) electrons. The van der Waals surface area contributed by atoms with Crippen LogP contribution in [0.1, 0.15) is 39.0 Å². The van der Waals surface area contributed by atoms with Crippen molar-refractivity contribution < 1.29 is 54.4 Å². The van der Waals surface area contributed by atoms with Gasteiger partial charge >= 0.3 is 0 Å². The predicted octanol–water partition coefficient (Wildman–Crippen LogP) is -4.40. The van der Waals surface area contributed by atoms with Gasteiger partial charge in [-0.25, -0.2) is 0 Å². The number of aliphatic hydroxyl groups excluding tert-OH is 6. The second-order valence-electron chi connectivity index (χ2n) is 9.98. The third kappa shape index (κ3) is 10.7. The molecular formula is C24H48N4O11. The predicted molar refractivity (Wildman–Crippen MR) is 137 cm³/mol. The molecule has 1 aliphatic carbocycles. The van der Waals surface area contributed by atoms with Crippen LogP contribution in [0.5, 0.6) is 0 Å². The first-order chi connectivity index (χ1) is 18.6. The van der Waals surface area contributed by atoms with Gasteiger partial charge in [-0.2, -0.15) is 0 Å². The number of carbonyl (C=O) groups excluding carboxylic acids is 1. The number of carbonyl (C=O) groups is 1. The van der Waals surface area contributed by atoms with Crippen LogP contribution >= 0.6 is 0 Å². The number of amides is 1. The molecule has 12 N–H and O–H groups in total. The molecule has 8 unspecified atom stereocenters. The Morgan fingerprint density at radius 3 is 2.51 bits per heavy atom. The zero-order valence-electron chi connectivity index (χ0n) is 22.5. The van der Waals surface area contributed by atoms with Crippen molar-refractivity contribution in [3.63, 3.8) is 0 Å². The molecule has 2 rings (SSSR count). The SMILES string of the molecule is CCC(O)C(OCCO)O[C@H]1C(NC(=O)C(O)CCN)CC(N)[C@@H](O[C@@H]2CC(O)CC(CNCCO)O2)C1O. The summed E-state index contributed by atoms with van der Waals surface area (Å²) in [6.45, 7) is 2.00. The lowest BCUT2D eigenvalue weighted by molar-refractivity contribution is -0.285. The van der Waals surface area contributed by atoms with Gasteiger partial charge in [0.2, 0.25) is 5.91 Å². The molecule has 2 aliphatic rings. The summed E-state index contributed by atoms with van der Waals surface area (Å²) in [5.74, 6) is -0.723. The zero-order chi connectivity index (χ0) is 28.9. The topological polar surface area (TPSA) is 251 Å². The van der Waals surface area contributed by atoms with Crippen LogP contribution in [0.25, 0.3) is 0 Å². The van der Waals surface area contributed by atoms with Crippen LogP contribution in [0.3, 0.4) is 0 Å². The average molecular weight is 569 g/mol. The highest BCUT2D eigenvalue weighted by Crippen LogP contribution is 2.30. The second-order valence-corrected chi connectivity index (χ2v) is 9.98. The average Bonchev–Trinajstić information content (AvgIpc) is 2.90. The van der Waals surface area contributed by atoms with Crippen molar-refractivity contribution in [1.29, 1.82) is 0 Å². The van der Waals surface area contributed by atoms with Crippen molar-refractivity contribution in [3.8, 4) is 0 Å². The van der Waals surface area contributed by atoms with E-state index >= 15 is 0 Å². The molecular weight excluding hydrogens is 520 g/mol. The molecule has 0 aromatic carbocycles. The molecule has 1 saturated carbocycles. The fourth-order valence-corrected chi connectivity index (χ4v) is 4.75. The molecule has 2 fully saturated rings. The molecule has 15 heteroatoms. The van der Waals surface area contributed by atoms with Crippen molar-refractivity contribution in [2.75, 3.05) is 39.5 Å². The minimum atomic E-state index is -1.44. The number of nitrogens with one attached hydrogen (secondary N) is 2. The monoisotopic (exact) mass is 568 g/mol. The summed E-state index contributed by atoms with van der Waals surface area (Å²) in [4.78, 5) is 12.6. The van der Waals surface area contributed by atoms with E-state index in [1.54, 1.807) is 6.92 Å². The molecule has 11 atom stereocenters. The van der Waals surface area contributed by atoms with Crippen LogP contribution in [0.4, 0.5) is 0 Å². The van der Waals surface area contributed by atoms with E-state index in [2.05, 4.69) is 10.6 Å². The third-order valence-corrected chi connectivity index (χ3v) is 6.80. The van der Waals surface area contributed by atoms with E-state index in [0.717, 1.165) is 0 Å². The van der Waals surface area contributed by atoms with E-state index in [-0.39, 0.29) is 52.0 Å². The number of rotatable bonds is 17. The Bertz CT molecular complexity index is 696. The van der Waals surface area contributed by atoms with Gasteiger partial charge < -0.3 is 71.7 Å². The Labute approximate surface area is 228 Å². The van der Waals surface area contributed by atoms with Crippen LogP contribution in [-0.2, 0) is 23.7 Å². The molecule has 1 aliphatic heterocycles. The number of nitrogens with two attached hydrogens (primary N) is 2. The Hall–Kier alpha value is -1.05.